The maximum atomic E-state index is 9.50. The fraction of sp³-hybridized carbons (Fsp3) is 0.500. The van der Waals surface area contributed by atoms with Gasteiger partial charge >= 0.3 is 0 Å². The van der Waals surface area contributed by atoms with Crippen molar-refractivity contribution in [3.63, 3.8) is 0 Å². The van der Waals surface area contributed by atoms with Crippen LogP contribution in [0.25, 0.3) is 0 Å². The van der Waals surface area contributed by atoms with Gasteiger partial charge in [0.15, 0.2) is 0 Å². The van der Waals surface area contributed by atoms with E-state index in [1.807, 2.05) is 0 Å². The highest BCUT2D eigenvalue weighted by molar-refractivity contribution is 9.09. The van der Waals surface area contributed by atoms with Gasteiger partial charge in [-0.2, -0.15) is 0 Å². The highest BCUT2D eigenvalue weighted by Crippen LogP contribution is 1.82. The van der Waals surface area contributed by atoms with Crippen LogP contribution in [0.5, 0.6) is 0 Å². The molecule has 0 aromatic heterocycles. The maximum Gasteiger partial charge on any atom is 0.294 e. The molecule has 0 fully saturated rings. The molecule has 0 spiro atoms. The predicted molar refractivity (Wildman–Crippen MR) is 35.9 cm³/mol. The normalized spacial score (nSPS) is 9.89. The van der Waals surface area contributed by atoms with Gasteiger partial charge in [-0.05, 0) is 0 Å². The lowest BCUT2D eigenvalue weighted by molar-refractivity contribution is -0.755. The highest BCUT2D eigenvalue weighted by atomic mass is 79.9. The summed E-state index contributed by atoms with van der Waals surface area (Å²) in [6, 6.07) is 0. The minimum absolute atomic E-state index is 0.0264. The summed E-state index contributed by atoms with van der Waals surface area (Å²) in [6.07, 6.45) is 3.29. The second-order valence-electron chi connectivity index (χ2n) is 1.15. The first-order valence-corrected chi connectivity index (χ1v) is 3.37. The first-order chi connectivity index (χ1) is 4.27. The molecule has 0 aliphatic rings. The molecular weight excluding hydrogens is 190 g/mol. The summed E-state index contributed by atoms with van der Waals surface area (Å²) in [5, 5.41) is 9.37. The molecule has 52 valence electrons. The van der Waals surface area contributed by atoms with Crippen molar-refractivity contribution in [2.75, 3.05) is 11.9 Å². The van der Waals surface area contributed by atoms with Crippen LogP contribution in [-0.2, 0) is 4.84 Å². The molecule has 0 bridgehead atoms. The molecule has 4 nitrogen and oxygen atoms in total. The van der Waals surface area contributed by atoms with Crippen LogP contribution in [0, 0.1) is 10.1 Å². The van der Waals surface area contributed by atoms with Crippen LogP contribution in [-0.4, -0.2) is 17.0 Å². The highest BCUT2D eigenvalue weighted by Gasteiger charge is 1.86. The van der Waals surface area contributed by atoms with E-state index in [1.165, 1.54) is 0 Å². The van der Waals surface area contributed by atoms with Crippen LogP contribution in [0.15, 0.2) is 12.2 Å². The third-order valence-corrected chi connectivity index (χ3v) is 0.906. The average molecular weight is 196 g/mol. The van der Waals surface area contributed by atoms with E-state index in [4.69, 9.17) is 0 Å². The minimum Gasteiger partial charge on any atom is -0.310 e. The third kappa shape index (κ3) is 7.42. The van der Waals surface area contributed by atoms with Crippen LogP contribution in [0.1, 0.15) is 0 Å². The molecular formula is C4H6BrNO3. The van der Waals surface area contributed by atoms with Crippen molar-refractivity contribution < 1.29 is 9.92 Å². The van der Waals surface area contributed by atoms with Crippen molar-refractivity contribution >= 4 is 15.9 Å². The van der Waals surface area contributed by atoms with Crippen LogP contribution >= 0.6 is 15.9 Å². The summed E-state index contributed by atoms with van der Waals surface area (Å²) >= 11 is 3.10. The SMILES string of the molecule is O=[N+]([O-])OCC=CCBr. The van der Waals surface area contributed by atoms with Gasteiger partial charge in [-0.1, -0.05) is 28.1 Å². The molecule has 0 saturated heterocycles. The smallest absolute Gasteiger partial charge is 0.294 e. The molecule has 5 heteroatoms. The number of nitrogens with zero attached hydrogens (tertiary/aromatic N) is 1. The summed E-state index contributed by atoms with van der Waals surface area (Å²) in [6.45, 7) is 0.0264. The molecule has 9 heavy (non-hydrogen) atoms. The molecule has 0 amide bonds. The molecule has 0 aromatic carbocycles. The van der Waals surface area contributed by atoms with Gasteiger partial charge in [0.2, 0.25) is 0 Å². The van der Waals surface area contributed by atoms with Crippen LogP contribution in [0.3, 0.4) is 0 Å². The van der Waals surface area contributed by atoms with Crippen LogP contribution in [0.4, 0.5) is 0 Å². The second kappa shape index (κ2) is 5.55. The summed E-state index contributed by atoms with van der Waals surface area (Å²) in [7, 11) is 0. The Labute approximate surface area is 60.7 Å². The molecule has 0 unspecified atom stereocenters. The lowest BCUT2D eigenvalue weighted by Gasteiger charge is -1.87. The predicted octanol–water partition coefficient (Wildman–Crippen LogP) is 1.15. The number of alkyl halides is 1. The monoisotopic (exact) mass is 195 g/mol. The van der Waals surface area contributed by atoms with Crippen molar-refractivity contribution in [1.29, 1.82) is 0 Å². The summed E-state index contributed by atoms with van der Waals surface area (Å²) in [4.78, 5) is 13.5. The Morgan fingerprint density at radius 3 is 2.78 bits per heavy atom. The van der Waals surface area contributed by atoms with E-state index >= 15 is 0 Å². The van der Waals surface area contributed by atoms with Crippen molar-refractivity contribution in [2.24, 2.45) is 0 Å². The lowest BCUT2D eigenvalue weighted by atomic mass is 10.6. The zero-order chi connectivity index (χ0) is 7.11. The first kappa shape index (κ1) is 8.42. The average Bonchev–Trinajstić information content (AvgIpc) is 1.80. The number of allylic oxidation sites excluding steroid dienone is 1. The van der Waals surface area contributed by atoms with Gasteiger partial charge < -0.3 is 4.84 Å². The molecule has 0 aliphatic heterocycles. The maximum absolute atomic E-state index is 9.50. The zero-order valence-electron chi connectivity index (χ0n) is 4.62. The molecule has 0 aliphatic carbocycles. The Morgan fingerprint density at radius 1 is 1.67 bits per heavy atom. The van der Waals surface area contributed by atoms with Crippen molar-refractivity contribution in [3.05, 3.63) is 22.3 Å². The van der Waals surface area contributed by atoms with Gasteiger partial charge in [-0.3, -0.25) is 0 Å². The number of hydrogen-bond donors (Lipinski definition) is 0. The number of halogens is 1. The van der Waals surface area contributed by atoms with E-state index in [-0.39, 0.29) is 6.61 Å². The standard InChI is InChI=1S/C4H6BrNO3/c5-3-1-2-4-9-6(7)8/h1-2H,3-4H2. The Balaban J connectivity index is 3.09. The van der Waals surface area contributed by atoms with E-state index in [0.29, 0.717) is 5.33 Å². The molecule has 0 radical (unpaired) electrons. The topological polar surface area (TPSA) is 52.4 Å². The summed E-state index contributed by atoms with van der Waals surface area (Å²) in [5.74, 6) is 0. The van der Waals surface area contributed by atoms with E-state index in [9.17, 15) is 10.1 Å². The quantitative estimate of drug-likeness (QED) is 0.293. The van der Waals surface area contributed by atoms with Gasteiger partial charge in [-0.15, -0.1) is 10.1 Å². The molecule has 0 rings (SSSR count). The van der Waals surface area contributed by atoms with E-state index in [2.05, 4.69) is 20.8 Å². The van der Waals surface area contributed by atoms with Crippen molar-refractivity contribution in [3.8, 4) is 0 Å². The Kier molecular flexibility index (Phi) is 5.20. The lowest BCUT2D eigenvalue weighted by Crippen LogP contribution is -1.99. The van der Waals surface area contributed by atoms with E-state index in [0.717, 1.165) is 0 Å². The van der Waals surface area contributed by atoms with Crippen molar-refractivity contribution in [1.82, 2.24) is 0 Å². The Morgan fingerprint density at radius 2 is 2.33 bits per heavy atom. The van der Waals surface area contributed by atoms with Gasteiger partial charge in [0.25, 0.3) is 5.09 Å². The third-order valence-electron chi connectivity index (χ3n) is 0.532. The number of rotatable bonds is 4. The van der Waals surface area contributed by atoms with Gasteiger partial charge in [0, 0.05) is 5.33 Å². The van der Waals surface area contributed by atoms with Gasteiger partial charge in [-0.25, -0.2) is 0 Å². The van der Waals surface area contributed by atoms with E-state index < -0.39 is 5.09 Å². The minimum atomic E-state index is -0.821. The summed E-state index contributed by atoms with van der Waals surface area (Å²) in [5.41, 5.74) is 0. The Bertz CT molecular complexity index is 114. The Hall–Kier alpha value is -0.580. The fourth-order valence-electron chi connectivity index (χ4n) is 0.235. The van der Waals surface area contributed by atoms with Gasteiger partial charge in [0.05, 0.1) is 0 Å². The molecule has 0 saturated carbocycles. The zero-order valence-corrected chi connectivity index (χ0v) is 6.20. The van der Waals surface area contributed by atoms with E-state index in [1.54, 1.807) is 12.2 Å². The summed E-state index contributed by atoms with van der Waals surface area (Å²) < 4.78 is 0. The molecule has 0 heterocycles. The molecule has 0 N–H and O–H groups in total. The van der Waals surface area contributed by atoms with Gasteiger partial charge in [0.1, 0.15) is 6.61 Å². The van der Waals surface area contributed by atoms with Crippen LogP contribution in [0.2, 0.25) is 0 Å². The van der Waals surface area contributed by atoms with Crippen molar-refractivity contribution in [2.45, 2.75) is 0 Å². The largest absolute Gasteiger partial charge is 0.310 e. The molecule has 0 atom stereocenters. The van der Waals surface area contributed by atoms with Crippen LogP contribution < -0.4 is 0 Å². The first-order valence-electron chi connectivity index (χ1n) is 2.25. The fourth-order valence-corrected chi connectivity index (χ4v) is 0.499. The molecule has 0 aromatic rings. The second-order valence-corrected chi connectivity index (χ2v) is 1.79. The number of hydrogen-bond acceptors (Lipinski definition) is 3.